The molecule has 4 N–H and O–H groups in total. The lowest BCUT2D eigenvalue weighted by Gasteiger charge is -2.51. The van der Waals surface area contributed by atoms with Gasteiger partial charge in [0.05, 0.1) is 60.3 Å². The molecule has 5 rings (SSSR count). The van der Waals surface area contributed by atoms with E-state index < -0.39 is 140 Å². The number of aliphatic hydroxyl groups excluding tert-OH is 2. The molecular weight excluding hydrogens is 1050 g/mol. The van der Waals surface area contributed by atoms with Crippen molar-refractivity contribution in [2.45, 2.75) is 217 Å². The molecule has 4 aliphatic heterocycles. The third kappa shape index (κ3) is 17.9. The Hall–Kier alpha value is -4.76. The maximum atomic E-state index is 14.6. The molecule has 20 atom stereocenters. The predicted octanol–water partition coefficient (Wildman–Crippen LogP) is 3.55. The van der Waals surface area contributed by atoms with Crippen LogP contribution in [-0.2, 0) is 66.6 Å². The van der Waals surface area contributed by atoms with E-state index in [0.717, 1.165) is 20.3 Å². The topological polar surface area (TPSA) is 283 Å². The van der Waals surface area contributed by atoms with Gasteiger partial charge in [-0.25, -0.2) is 4.79 Å². The highest BCUT2D eigenvalue weighted by Crippen LogP contribution is 2.39. The lowest BCUT2D eigenvalue weighted by molar-refractivity contribution is -0.345. The Morgan fingerprint density at radius 2 is 1.54 bits per heavy atom. The van der Waals surface area contributed by atoms with Gasteiger partial charge in [0.1, 0.15) is 36.7 Å². The monoisotopic (exact) mass is 1130 g/mol. The van der Waals surface area contributed by atoms with Gasteiger partial charge in [-0.1, -0.05) is 37.3 Å². The molecule has 1 aromatic carbocycles. The van der Waals surface area contributed by atoms with E-state index in [1.165, 1.54) is 39.2 Å². The molecule has 1 unspecified atom stereocenters. The largest absolute Gasteiger partial charge is 0.462 e. The number of hydrogen-bond acceptors (Lipinski definition) is 22. The third-order valence-electron chi connectivity index (χ3n) is 15.0. The average molecular weight is 1130 g/mol. The van der Waals surface area contributed by atoms with Crippen molar-refractivity contribution in [3.8, 4) is 11.5 Å². The highest BCUT2D eigenvalue weighted by Gasteiger charge is 2.54. The zero-order valence-electron chi connectivity index (χ0n) is 48.7. The number of carbonyl (C=O) groups excluding carboxylic acids is 6. The fourth-order valence-corrected chi connectivity index (χ4v) is 10.9. The van der Waals surface area contributed by atoms with Crippen LogP contribution in [0.15, 0.2) is 42.5 Å². The third-order valence-corrected chi connectivity index (χ3v) is 15.0. The first-order valence-electron chi connectivity index (χ1n) is 27.5. The van der Waals surface area contributed by atoms with E-state index in [-0.39, 0.29) is 54.4 Å². The Kier molecular flexibility index (Phi) is 24.8. The van der Waals surface area contributed by atoms with Crippen LogP contribution in [-0.4, -0.2) is 206 Å². The van der Waals surface area contributed by atoms with E-state index in [4.69, 9.17) is 52.1 Å². The van der Waals surface area contributed by atoms with Gasteiger partial charge in [0.2, 0.25) is 0 Å². The van der Waals surface area contributed by atoms with Crippen LogP contribution in [0.1, 0.15) is 118 Å². The number of hydrogen-bond donors (Lipinski definition) is 4. The number of cyclic esters (lactones) is 1. The molecule has 450 valence electrons. The summed E-state index contributed by atoms with van der Waals surface area (Å²) in [6, 6.07) is 1.74. The number of aliphatic hydroxyl groups is 3. The van der Waals surface area contributed by atoms with E-state index in [2.05, 4.69) is 10.2 Å². The molecular formula is C57H87N3O20. The van der Waals surface area contributed by atoms with Crippen LogP contribution in [0.5, 0.6) is 11.5 Å². The fourth-order valence-electron chi connectivity index (χ4n) is 10.9. The number of aldehydes is 1. The van der Waals surface area contributed by atoms with Crippen molar-refractivity contribution >= 4 is 36.1 Å². The number of amides is 1. The van der Waals surface area contributed by atoms with Crippen LogP contribution >= 0.6 is 0 Å². The normalized spacial score (nSPS) is 36.9. The van der Waals surface area contributed by atoms with Gasteiger partial charge in [0.25, 0.3) is 5.91 Å². The maximum absolute atomic E-state index is 14.6. The Balaban J connectivity index is 1.59. The Morgan fingerprint density at radius 3 is 2.15 bits per heavy atom. The van der Waals surface area contributed by atoms with Crippen molar-refractivity contribution in [1.82, 2.24) is 15.1 Å². The molecule has 80 heavy (non-hydrogen) atoms. The summed E-state index contributed by atoms with van der Waals surface area (Å²) < 4.78 is 68.3. The highest BCUT2D eigenvalue weighted by atomic mass is 16.7. The number of methoxy groups -OCH3 is 1. The number of rotatable bonds is 17. The van der Waals surface area contributed by atoms with Crippen molar-refractivity contribution in [2.24, 2.45) is 11.8 Å². The predicted molar refractivity (Wildman–Crippen MR) is 287 cm³/mol. The fraction of sp³-hybridized carbons (Fsp3) is 0.719. The van der Waals surface area contributed by atoms with Crippen LogP contribution in [0.4, 0.5) is 0 Å². The molecule has 0 radical (unpaired) electrons. The molecule has 1 amide bonds. The second-order valence-corrected chi connectivity index (χ2v) is 22.2. The molecule has 23 heteroatoms. The zero-order valence-corrected chi connectivity index (χ0v) is 48.7. The summed E-state index contributed by atoms with van der Waals surface area (Å²) in [7, 11) is 8.72. The van der Waals surface area contributed by atoms with Gasteiger partial charge in [-0.05, 0) is 113 Å². The maximum Gasteiger partial charge on any atom is 0.328 e. The summed E-state index contributed by atoms with van der Waals surface area (Å²) in [5.41, 5.74) is -1.89. The van der Waals surface area contributed by atoms with Crippen molar-refractivity contribution < 1.29 is 96.2 Å². The van der Waals surface area contributed by atoms with E-state index in [1.54, 1.807) is 39.8 Å². The molecule has 0 bridgehead atoms. The number of likely N-dealkylation sites (N-methyl/N-ethyl adjacent to an activating group) is 2. The molecule has 0 saturated carbocycles. The molecule has 4 heterocycles. The van der Waals surface area contributed by atoms with Gasteiger partial charge >= 0.3 is 23.9 Å². The zero-order chi connectivity index (χ0) is 59.3. The van der Waals surface area contributed by atoms with E-state index in [9.17, 15) is 44.1 Å². The highest BCUT2D eigenvalue weighted by molar-refractivity contribution is 6.00. The summed E-state index contributed by atoms with van der Waals surface area (Å²) in [4.78, 5) is 83.0. The van der Waals surface area contributed by atoms with Crippen molar-refractivity contribution in [3.63, 3.8) is 0 Å². The van der Waals surface area contributed by atoms with Gasteiger partial charge in [-0.15, -0.1) is 0 Å². The van der Waals surface area contributed by atoms with E-state index in [1.807, 2.05) is 52.2 Å². The quantitative estimate of drug-likeness (QED) is 0.0986. The van der Waals surface area contributed by atoms with Gasteiger partial charge in [-0.2, -0.15) is 0 Å². The first-order valence-corrected chi connectivity index (χ1v) is 27.5. The Labute approximate surface area is 469 Å². The average Bonchev–Trinajstić information content (AvgIpc) is 3.41. The van der Waals surface area contributed by atoms with Crippen LogP contribution in [0.2, 0.25) is 0 Å². The Bertz CT molecular complexity index is 2290. The van der Waals surface area contributed by atoms with Crippen molar-refractivity contribution in [3.05, 3.63) is 48.1 Å². The first-order chi connectivity index (χ1) is 37.6. The number of nitrogens with one attached hydrogen (secondary N) is 1. The minimum atomic E-state index is -1.63. The van der Waals surface area contributed by atoms with E-state index in [0.29, 0.717) is 19.1 Å². The molecule has 0 aliphatic carbocycles. The van der Waals surface area contributed by atoms with Gasteiger partial charge in [-0.3, -0.25) is 19.2 Å². The Morgan fingerprint density at radius 1 is 0.850 bits per heavy atom. The minimum Gasteiger partial charge on any atom is -0.462 e. The van der Waals surface area contributed by atoms with Crippen LogP contribution in [0, 0.1) is 11.8 Å². The van der Waals surface area contributed by atoms with Crippen molar-refractivity contribution in [1.29, 1.82) is 0 Å². The summed E-state index contributed by atoms with van der Waals surface area (Å²) in [5, 5.41) is 36.7. The molecule has 1 aromatic rings. The van der Waals surface area contributed by atoms with Gasteiger partial charge < -0.3 is 87.3 Å². The molecule has 0 aromatic heterocycles. The van der Waals surface area contributed by atoms with Crippen LogP contribution < -0.4 is 14.8 Å². The summed E-state index contributed by atoms with van der Waals surface area (Å²) in [6.07, 6.45) is -5.05. The van der Waals surface area contributed by atoms with Gasteiger partial charge in [0, 0.05) is 46.3 Å². The smallest absolute Gasteiger partial charge is 0.328 e. The second kappa shape index (κ2) is 30.0. The number of para-hydroxylation sites is 1. The molecule has 4 aliphatic rings. The minimum absolute atomic E-state index is 0.134. The van der Waals surface area contributed by atoms with Crippen molar-refractivity contribution in [2.75, 3.05) is 35.3 Å². The summed E-state index contributed by atoms with van der Waals surface area (Å²) in [6.45, 7) is 14.0. The summed E-state index contributed by atoms with van der Waals surface area (Å²) in [5.74, 6) is -6.02. The molecule has 0 spiro atoms. The molecule has 23 nitrogen and oxygen atoms in total. The number of ether oxygens (including phenoxy) is 11. The number of carbonyl (C=O) groups is 6. The number of esters is 4. The number of benzene rings is 1. The van der Waals surface area contributed by atoms with E-state index >= 15 is 0 Å². The lowest BCUT2D eigenvalue weighted by atomic mass is 9.82. The lowest BCUT2D eigenvalue weighted by Crippen LogP contribution is -2.67. The van der Waals surface area contributed by atoms with Crippen LogP contribution in [0.3, 0.4) is 0 Å². The molecule has 3 saturated heterocycles. The number of nitrogens with zero attached hydrogens (tertiary/aromatic N) is 2. The first kappa shape index (κ1) is 66.0. The van der Waals surface area contributed by atoms with Crippen LogP contribution in [0.25, 0.3) is 0 Å². The standard InChI is InChI=1S/C57H87N3O20/c1-30-27-38(25-26-61)49(51(70-14)41(64)28-44(65)71-31(2)19-16-15-17-21-42(30)77-45-24-23-40(59(10)11)33(4)72-45)80-56-52(47(60(12)13)48(34(5)74-56)78-46-29-57(9,69)53(66)35(6)73-46)79-55(68)32(3)58-54(67)39-20-18-22-43(75-36(7)62)50(39)76-37(8)63/h15-18,20-22,26,30-35,38,40-42,45-49,51-53,56,64,66,69H,19,23-25,27-29H2,1-14H3,(H,58,67)/b16-15+,21-17+/t30-,31-,32+,33-,34-,35+,38+,40+,41-,42+,45+,46+,47+,48-,49+,51?,52-,53+,56+,57-/m1/s1. The summed E-state index contributed by atoms with van der Waals surface area (Å²) >= 11 is 0. The van der Waals surface area contributed by atoms with Gasteiger partial charge in [0.15, 0.2) is 36.5 Å². The number of allylic oxidation sites excluding steroid dienone is 2. The second-order valence-electron chi connectivity index (χ2n) is 22.2. The SMILES string of the molecule is COC1[C@H](O)CC(=O)O[C@H](C)C/C=C/C=C/[C@H](O[C@H]2CC[C@H](N(C)C)[C@@H](C)O2)[C@H](C)C[C@H](CC=O)[C@@H]1O[C@@H]1O[C@H](C)[C@@H](O[C@H]2C[C@@](C)(O)[C@@H](O)[C@H](C)O2)[C@H](N(C)C)[C@H]1OC(=O)[C@H](C)NC(=O)c1cccc(OC(C)=O)c1OC(C)=O. The molecule has 3 fully saturated rings.